The summed E-state index contributed by atoms with van der Waals surface area (Å²) in [6.45, 7) is 0. The Labute approximate surface area is 160 Å². The molecular formula is C19H22N4O5. The summed E-state index contributed by atoms with van der Waals surface area (Å²) in [6, 6.07) is 1.94. The molecule has 0 aromatic carbocycles. The molecule has 1 aliphatic carbocycles. The largest absolute Gasteiger partial charge is 0.480 e. The van der Waals surface area contributed by atoms with Gasteiger partial charge in [-0.1, -0.05) is 12.8 Å². The molecule has 1 saturated carbocycles. The predicted octanol–water partition coefficient (Wildman–Crippen LogP) is 0.490. The number of nitrogens with zero attached hydrogens (tertiary/aromatic N) is 4. The fourth-order valence-electron chi connectivity index (χ4n) is 4.68. The van der Waals surface area contributed by atoms with Gasteiger partial charge < -0.3 is 10.0 Å². The molecule has 28 heavy (non-hydrogen) atoms. The van der Waals surface area contributed by atoms with E-state index in [0.29, 0.717) is 6.42 Å². The fraction of sp³-hybridized carbons (Fsp3) is 0.526. The molecular weight excluding hydrogens is 364 g/mol. The van der Waals surface area contributed by atoms with Gasteiger partial charge >= 0.3 is 11.7 Å². The van der Waals surface area contributed by atoms with Crippen molar-refractivity contribution in [1.82, 2.24) is 19.0 Å². The summed E-state index contributed by atoms with van der Waals surface area (Å²) < 4.78 is 2.20. The molecule has 3 unspecified atom stereocenters. The molecule has 0 bridgehead atoms. The minimum absolute atomic E-state index is 0.0493. The summed E-state index contributed by atoms with van der Waals surface area (Å²) in [4.78, 5) is 55.2. The van der Waals surface area contributed by atoms with Crippen molar-refractivity contribution in [2.75, 3.05) is 0 Å². The number of carbonyl (C=O) groups excluding carboxylic acids is 1. The van der Waals surface area contributed by atoms with Crippen molar-refractivity contribution in [3.8, 4) is 0 Å². The van der Waals surface area contributed by atoms with Crippen LogP contribution in [0.2, 0.25) is 0 Å². The van der Waals surface area contributed by atoms with Gasteiger partial charge in [-0.15, -0.1) is 0 Å². The highest BCUT2D eigenvalue weighted by molar-refractivity contribution is 5.97. The first kappa shape index (κ1) is 18.4. The molecule has 2 fully saturated rings. The Balaban J connectivity index is 1.81. The molecule has 9 heteroatoms. The maximum Gasteiger partial charge on any atom is 0.332 e. The third kappa shape index (κ3) is 2.64. The molecule has 9 nitrogen and oxygen atoms in total. The number of likely N-dealkylation sites (tertiary alicyclic amines) is 1. The van der Waals surface area contributed by atoms with E-state index >= 15 is 0 Å². The molecule has 4 rings (SSSR count). The Kier molecular flexibility index (Phi) is 4.32. The highest BCUT2D eigenvalue weighted by atomic mass is 16.4. The van der Waals surface area contributed by atoms with Crippen LogP contribution in [0.4, 0.5) is 0 Å². The molecule has 1 amide bonds. The van der Waals surface area contributed by atoms with Crippen LogP contribution in [0, 0.1) is 5.92 Å². The van der Waals surface area contributed by atoms with Crippen molar-refractivity contribution < 1.29 is 14.7 Å². The van der Waals surface area contributed by atoms with Gasteiger partial charge in [0.15, 0.2) is 0 Å². The van der Waals surface area contributed by atoms with E-state index in [2.05, 4.69) is 4.98 Å². The van der Waals surface area contributed by atoms with Crippen molar-refractivity contribution in [3.63, 3.8) is 0 Å². The van der Waals surface area contributed by atoms with Gasteiger partial charge in [0.25, 0.3) is 11.5 Å². The molecule has 0 radical (unpaired) electrons. The number of aromatic nitrogens is 3. The van der Waals surface area contributed by atoms with Crippen molar-refractivity contribution in [1.29, 1.82) is 0 Å². The van der Waals surface area contributed by atoms with Gasteiger partial charge in [-0.3, -0.25) is 18.7 Å². The average Bonchev–Trinajstić information content (AvgIpc) is 3.09. The fourth-order valence-corrected chi connectivity index (χ4v) is 4.68. The Bertz CT molecular complexity index is 1100. The zero-order chi connectivity index (χ0) is 20.2. The standard InChI is InChI=1S/C19H22N4O5/c1-21-15-11(16(24)22(2)19(21)28)7-8-12(20-15)17(25)23-13-6-4-3-5-10(13)9-14(23)18(26)27/h7-8,10,13-14H,3-6,9H2,1-2H3,(H,26,27). The highest BCUT2D eigenvalue weighted by Crippen LogP contribution is 2.40. The molecule has 1 N–H and O–H groups in total. The maximum atomic E-state index is 13.2. The van der Waals surface area contributed by atoms with Crippen LogP contribution in [0.15, 0.2) is 21.7 Å². The van der Waals surface area contributed by atoms with Gasteiger partial charge in [-0.2, -0.15) is 0 Å². The molecule has 0 spiro atoms. The third-order valence-electron chi connectivity index (χ3n) is 6.13. The van der Waals surface area contributed by atoms with E-state index in [1.165, 1.54) is 35.7 Å². The second kappa shape index (κ2) is 6.57. The van der Waals surface area contributed by atoms with E-state index in [1.807, 2.05) is 0 Å². The van der Waals surface area contributed by atoms with E-state index in [1.54, 1.807) is 0 Å². The number of carbonyl (C=O) groups is 2. The smallest absolute Gasteiger partial charge is 0.332 e. The van der Waals surface area contributed by atoms with Crippen molar-refractivity contribution in [3.05, 3.63) is 38.7 Å². The summed E-state index contributed by atoms with van der Waals surface area (Å²) in [5, 5.41) is 9.87. The van der Waals surface area contributed by atoms with Crippen LogP contribution in [-0.2, 0) is 18.9 Å². The van der Waals surface area contributed by atoms with Gasteiger partial charge in [0.2, 0.25) is 0 Å². The van der Waals surface area contributed by atoms with Crippen LogP contribution in [-0.4, -0.2) is 48.1 Å². The minimum atomic E-state index is -1.01. The first-order chi connectivity index (χ1) is 13.3. The van der Waals surface area contributed by atoms with Gasteiger partial charge in [0.1, 0.15) is 17.4 Å². The van der Waals surface area contributed by atoms with Crippen molar-refractivity contribution in [2.45, 2.75) is 44.2 Å². The van der Waals surface area contributed by atoms with Crippen LogP contribution in [0.25, 0.3) is 11.0 Å². The van der Waals surface area contributed by atoms with E-state index < -0.39 is 29.2 Å². The van der Waals surface area contributed by atoms with Gasteiger partial charge in [-0.25, -0.2) is 14.6 Å². The molecule has 1 saturated heterocycles. The Morgan fingerprint density at radius 3 is 2.54 bits per heavy atom. The van der Waals surface area contributed by atoms with Crippen molar-refractivity contribution in [2.24, 2.45) is 20.0 Å². The molecule has 3 atom stereocenters. The summed E-state index contributed by atoms with van der Waals surface area (Å²) in [6.07, 6.45) is 4.18. The Hall–Kier alpha value is -2.97. The molecule has 2 aromatic heterocycles. The predicted molar refractivity (Wildman–Crippen MR) is 100 cm³/mol. The Morgan fingerprint density at radius 1 is 1.11 bits per heavy atom. The summed E-state index contributed by atoms with van der Waals surface area (Å²) in [5.41, 5.74) is -0.855. The second-order valence-electron chi connectivity index (χ2n) is 7.69. The third-order valence-corrected chi connectivity index (χ3v) is 6.13. The second-order valence-corrected chi connectivity index (χ2v) is 7.69. The average molecular weight is 386 g/mol. The minimum Gasteiger partial charge on any atom is -0.480 e. The lowest BCUT2D eigenvalue weighted by Gasteiger charge is -2.32. The monoisotopic (exact) mass is 386 g/mol. The number of carboxylic acids is 1. The first-order valence-corrected chi connectivity index (χ1v) is 9.43. The van der Waals surface area contributed by atoms with E-state index in [9.17, 15) is 24.3 Å². The summed E-state index contributed by atoms with van der Waals surface area (Å²) >= 11 is 0. The molecule has 1 aliphatic heterocycles. The number of aryl methyl sites for hydroxylation is 1. The van der Waals surface area contributed by atoms with Crippen LogP contribution in [0.1, 0.15) is 42.6 Å². The number of rotatable bonds is 2. The lowest BCUT2D eigenvalue weighted by molar-refractivity contribution is -0.141. The van der Waals surface area contributed by atoms with E-state index in [-0.39, 0.29) is 28.7 Å². The lowest BCUT2D eigenvalue weighted by atomic mass is 9.84. The van der Waals surface area contributed by atoms with Crippen LogP contribution >= 0.6 is 0 Å². The summed E-state index contributed by atoms with van der Waals surface area (Å²) in [7, 11) is 2.87. The topological polar surface area (TPSA) is 114 Å². The number of pyridine rings is 1. The zero-order valence-corrected chi connectivity index (χ0v) is 15.8. The highest BCUT2D eigenvalue weighted by Gasteiger charge is 2.48. The number of amides is 1. The zero-order valence-electron chi connectivity index (χ0n) is 15.8. The maximum absolute atomic E-state index is 13.2. The van der Waals surface area contributed by atoms with Crippen LogP contribution < -0.4 is 11.2 Å². The molecule has 2 aliphatic rings. The quantitative estimate of drug-likeness (QED) is 0.803. The van der Waals surface area contributed by atoms with Crippen molar-refractivity contribution >= 4 is 22.9 Å². The van der Waals surface area contributed by atoms with Crippen LogP contribution in [0.5, 0.6) is 0 Å². The van der Waals surface area contributed by atoms with E-state index in [4.69, 9.17) is 0 Å². The number of carboxylic acid groups (broad SMARTS) is 1. The normalized spacial score (nSPS) is 24.4. The number of hydrogen-bond donors (Lipinski definition) is 1. The van der Waals surface area contributed by atoms with Gasteiger partial charge in [-0.05, 0) is 37.3 Å². The molecule has 3 heterocycles. The molecule has 2 aromatic rings. The van der Waals surface area contributed by atoms with Gasteiger partial charge in [0.05, 0.1) is 5.39 Å². The molecule has 148 valence electrons. The van der Waals surface area contributed by atoms with E-state index in [0.717, 1.165) is 30.3 Å². The number of fused-ring (bicyclic) bond motifs is 2. The first-order valence-electron chi connectivity index (χ1n) is 9.43. The van der Waals surface area contributed by atoms with Crippen LogP contribution in [0.3, 0.4) is 0 Å². The Morgan fingerprint density at radius 2 is 1.82 bits per heavy atom. The summed E-state index contributed by atoms with van der Waals surface area (Å²) in [5.74, 6) is -1.28. The SMILES string of the molecule is Cn1c(=O)c2ccc(C(=O)N3C(C(=O)O)CC4CCCCC43)nc2n(C)c1=O. The lowest BCUT2D eigenvalue weighted by Crippen LogP contribution is -2.46. The number of hydrogen-bond acceptors (Lipinski definition) is 5. The number of aliphatic carboxylic acids is 1. The van der Waals surface area contributed by atoms with Gasteiger partial charge in [0, 0.05) is 20.1 Å².